The van der Waals surface area contributed by atoms with Crippen LogP contribution in [0, 0.1) is 0 Å². The van der Waals surface area contributed by atoms with Crippen LogP contribution in [0.3, 0.4) is 0 Å². The molecule has 0 aromatic carbocycles. The second-order valence-corrected chi connectivity index (χ2v) is 5.04. The number of rotatable bonds is 10. The molecular weight excluding hydrogens is 252 g/mol. The van der Waals surface area contributed by atoms with Crippen molar-refractivity contribution in [3.05, 3.63) is 0 Å². The monoisotopic (exact) mass is 284 g/mol. The molecule has 0 aromatic heterocycles. The molecule has 0 saturated heterocycles. The van der Waals surface area contributed by atoms with E-state index in [4.69, 9.17) is 0 Å². The fraction of sp³-hybridized carbons (Fsp3) is 0.867. The van der Waals surface area contributed by atoms with E-state index in [-0.39, 0.29) is 12.5 Å². The summed E-state index contributed by atoms with van der Waals surface area (Å²) in [5.41, 5.74) is 0. The molecule has 3 N–H and O–H groups in total. The van der Waals surface area contributed by atoms with Crippen LogP contribution in [0.1, 0.15) is 59.8 Å². The molecule has 5 nitrogen and oxygen atoms in total. The molecule has 0 aliphatic rings. The van der Waals surface area contributed by atoms with E-state index in [1.165, 1.54) is 25.7 Å². The van der Waals surface area contributed by atoms with Gasteiger partial charge >= 0.3 is 0 Å². The minimum atomic E-state index is -0.0414. The Morgan fingerprint density at radius 2 is 1.75 bits per heavy atom. The first-order valence-corrected chi connectivity index (χ1v) is 7.95. The first-order chi connectivity index (χ1) is 9.63. The van der Waals surface area contributed by atoms with Crippen LogP contribution in [0.15, 0.2) is 4.99 Å². The van der Waals surface area contributed by atoms with Crippen LogP contribution >= 0.6 is 0 Å². The number of hydrogen-bond donors (Lipinski definition) is 3. The number of nitrogens with zero attached hydrogens (tertiary/aromatic N) is 1. The molecule has 1 atom stereocenters. The minimum absolute atomic E-state index is 0.0414. The Labute approximate surface area is 124 Å². The molecule has 0 heterocycles. The smallest absolute Gasteiger partial charge is 0.241 e. The van der Waals surface area contributed by atoms with Gasteiger partial charge in [0.1, 0.15) is 6.54 Å². The van der Waals surface area contributed by atoms with E-state index in [9.17, 15) is 4.79 Å². The maximum atomic E-state index is 11.4. The zero-order chi connectivity index (χ0) is 15.2. The van der Waals surface area contributed by atoms with Crippen molar-refractivity contribution in [3.8, 4) is 0 Å². The summed E-state index contributed by atoms with van der Waals surface area (Å²) in [6, 6.07) is 0.374. The van der Waals surface area contributed by atoms with E-state index in [0.717, 1.165) is 18.9 Å². The highest BCUT2D eigenvalue weighted by atomic mass is 16.1. The van der Waals surface area contributed by atoms with E-state index in [1.54, 1.807) is 0 Å². The zero-order valence-electron chi connectivity index (χ0n) is 13.6. The third kappa shape index (κ3) is 10.6. The Kier molecular flexibility index (Phi) is 12.0. The molecule has 0 aliphatic heterocycles. The molecule has 0 radical (unpaired) electrons. The van der Waals surface area contributed by atoms with E-state index >= 15 is 0 Å². The summed E-state index contributed by atoms with van der Waals surface area (Å²) < 4.78 is 0. The highest BCUT2D eigenvalue weighted by molar-refractivity contribution is 5.84. The molecule has 0 fully saturated rings. The summed E-state index contributed by atoms with van der Waals surface area (Å²) in [5, 5.41) is 9.27. The number of amides is 1. The Bertz CT molecular complexity index is 279. The lowest BCUT2D eigenvalue weighted by Crippen LogP contribution is -2.43. The van der Waals surface area contributed by atoms with Gasteiger partial charge in [-0.3, -0.25) is 4.79 Å². The molecule has 20 heavy (non-hydrogen) atoms. The molecule has 5 heteroatoms. The second kappa shape index (κ2) is 12.8. The number of nitrogens with one attached hydrogen (secondary N) is 3. The molecule has 0 saturated carbocycles. The Balaban J connectivity index is 4.10. The molecule has 0 bridgehead atoms. The third-order valence-electron chi connectivity index (χ3n) is 2.97. The van der Waals surface area contributed by atoms with Gasteiger partial charge < -0.3 is 16.0 Å². The van der Waals surface area contributed by atoms with Crippen molar-refractivity contribution in [1.82, 2.24) is 16.0 Å². The number of carbonyl (C=O) groups excluding carboxylic acids is 1. The normalized spacial score (nSPS) is 12.9. The maximum Gasteiger partial charge on any atom is 0.241 e. The average Bonchev–Trinajstić information content (AvgIpc) is 2.41. The molecule has 0 rings (SSSR count). The van der Waals surface area contributed by atoms with Gasteiger partial charge in [-0.2, -0.15) is 0 Å². The summed E-state index contributed by atoms with van der Waals surface area (Å²) in [4.78, 5) is 15.7. The van der Waals surface area contributed by atoms with Gasteiger partial charge in [0, 0.05) is 19.1 Å². The standard InChI is InChI=1S/C15H32N4O/c1-5-8-9-10-11-13(4)19-15(17-7-3)18-12-14(20)16-6-2/h13H,5-12H2,1-4H3,(H,16,20)(H2,17,18,19). The topological polar surface area (TPSA) is 65.5 Å². The number of carbonyl (C=O) groups is 1. The molecule has 0 spiro atoms. The summed E-state index contributed by atoms with van der Waals surface area (Å²) in [7, 11) is 0. The van der Waals surface area contributed by atoms with Gasteiger partial charge in [-0.15, -0.1) is 0 Å². The van der Waals surface area contributed by atoms with Crippen LogP contribution in [-0.2, 0) is 4.79 Å². The van der Waals surface area contributed by atoms with Gasteiger partial charge in [0.25, 0.3) is 0 Å². The summed E-state index contributed by atoms with van der Waals surface area (Å²) >= 11 is 0. The Morgan fingerprint density at radius 3 is 2.35 bits per heavy atom. The van der Waals surface area contributed by atoms with Gasteiger partial charge in [-0.05, 0) is 27.2 Å². The molecule has 0 aliphatic carbocycles. The lowest BCUT2D eigenvalue weighted by Gasteiger charge is -2.17. The summed E-state index contributed by atoms with van der Waals surface area (Å²) in [6.07, 6.45) is 6.22. The van der Waals surface area contributed by atoms with E-state index in [2.05, 4.69) is 34.8 Å². The van der Waals surface area contributed by atoms with E-state index < -0.39 is 0 Å². The van der Waals surface area contributed by atoms with Gasteiger partial charge in [-0.25, -0.2) is 4.99 Å². The zero-order valence-corrected chi connectivity index (χ0v) is 13.6. The average molecular weight is 284 g/mol. The predicted molar refractivity (Wildman–Crippen MR) is 86.0 cm³/mol. The largest absolute Gasteiger partial charge is 0.357 e. The number of hydrogen-bond acceptors (Lipinski definition) is 2. The third-order valence-corrected chi connectivity index (χ3v) is 2.97. The van der Waals surface area contributed by atoms with Crippen molar-refractivity contribution < 1.29 is 4.79 Å². The highest BCUT2D eigenvalue weighted by Crippen LogP contribution is 2.05. The van der Waals surface area contributed by atoms with Crippen LogP contribution in [0.4, 0.5) is 0 Å². The first-order valence-electron chi connectivity index (χ1n) is 7.95. The van der Waals surface area contributed by atoms with Gasteiger partial charge in [-0.1, -0.05) is 32.6 Å². The molecule has 118 valence electrons. The fourth-order valence-electron chi connectivity index (χ4n) is 1.91. The lowest BCUT2D eigenvalue weighted by molar-refractivity contribution is -0.119. The fourth-order valence-corrected chi connectivity index (χ4v) is 1.91. The predicted octanol–water partition coefficient (Wildman–Crippen LogP) is 2.04. The number of likely N-dealkylation sites (N-methyl/N-ethyl adjacent to an activating group) is 1. The van der Waals surface area contributed by atoms with Crippen LogP contribution < -0.4 is 16.0 Å². The van der Waals surface area contributed by atoms with Crippen molar-refractivity contribution in [3.63, 3.8) is 0 Å². The Morgan fingerprint density at radius 1 is 1.05 bits per heavy atom. The van der Waals surface area contributed by atoms with Crippen molar-refractivity contribution in [1.29, 1.82) is 0 Å². The second-order valence-electron chi connectivity index (χ2n) is 5.04. The van der Waals surface area contributed by atoms with Gasteiger partial charge in [0.05, 0.1) is 0 Å². The SMILES string of the molecule is CCCCCCC(C)NC(=NCC(=O)NCC)NCC. The number of unbranched alkanes of at least 4 members (excludes halogenated alkanes) is 3. The Hall–Kier alpha value is -1.26. The maximum absolute atomic E-state index is 11.4. The lowest BCUT2D eigenvalue weighted by atomic mass is 10.1. The summed E-state index contributed by atoms with van der Waals surface area (Å²) in [5.74, 6) is 0.682. The van der Waals surface area contributed by atoms with Crippen LogP contribution in [-0.4, -0.2) is 37.5 Å². The number of aliphatic imine (C=N–C) groups is 1. The first kappa shape index (κ1) is 18.7. The van der Waals surface area contributed by atoms with Crippen LogP contribution in [0.5, 0.6) is 0 Å². The van der Waals surface area contributed by atoms with Crippen molar-refractivity contribution in [2.24, 2.45) is 4.99 Å². The quantitative estimate of drug-likeness (QED) is 0.327. The van der Waals surface area contributed by atoms with Crippen LogP contribution in [0.25, 0.3) is 0 Å². The summed E-state index contributed by atoms with van der Waals surface area (Å²) in [6.45, 7) is 9.92. The minimum Gasteiger partial charge on any atom is -0.357 e. The molecule has 0 aromatic rings. The van der Waals surface area contributed by atoms with Gasteiger partial charge in [0.15, 0.2) is 5.96 Å². The molecule has 1 amide bonds. The molecule has 1 unspecified atom stereocenters. The van der Waals surface area contributed by atoms with Crippen molar-refractivity contribution in [2.45, 2.75) is 65.8 Å². The van der Waals surface area contributed by atoms with E-state index in [1.807, 2.05) is 13.8 Å². The number of guanidine groups is 1. The van der Waals surface area contributed by atoms with E-state index in [0.29, 0.717) is 12.6 Å². The molecular formula is C15H32N4O. The van der Waals surface area contributed by atoms with Crippen LogP contribution in [0.2, 0.25) is 0 Å². The van der Waals surface area contributed by atoms with Gasteiger partial charge in [0.2, 0.25) is 5.91 Å². The van der Waals surface area contributed by atoms with Crippen molar-refractivity contribution in [2.75, 3.05) is 19.6 Å². The highest BCUT2D eigenvalue weighted by Gasteiger charge is 2.05. The van der Waals surface area contributed by atoms with Crippen molar-refractivity contribution >= 4 is 11.9 Å².